The lowest BCUT2D eigenvalue weighted by Gasteiger charge is -1.41. The minimum Gasteiger partial charge on any atom is -0.136 e. The average Bonchev–Trinajstić information content (AvgIpc) is 1.75. The van der Waals surface area contributed by atoms with Crippen LogP contribution in [0.3, 0.4) is 0 Å². The van der Waals surface area contributed by atoms with Crippen molar-refractivity contribution in [1.29, 1.82) is 0 Å². The quantitative estimate of drug-likeness (QED) is 0.451. The molecule has 0 bridgehead atoms. The molecule has 0 aliphatic rings. The van der Waals surface area contributed by atoms with Gasteiger partial charge in [-0.2, -0.15) is 0 Å². The van der Waals surface area contributed by atoms with Gasteiger partial charge in [-0.25, -0.2) is 0 Å². The molecule has 1 rings (SSSR count). The molecular formula is ClNS2. The van der Waals surface area contributed by atoms with E-state index in [0.717, 1.165) is 0 Å². The summed E-state index contributed by atoms with van der Waals surface area (Å²) in [6.45, 7) is 0. The van der Waals surface area contributed by atoms with E-state index in [1.54, 1.807) is 2.87 Å². The second-order valence-electron chi connectivity index (χ2n) is 0.362. The Morgan fingerprint density at radius 2 is 1.75 bits per heavy atom. The predicted molar refractivity (Wildman–Crippen MR) is 21.4 cm³/mol. The van der Waals surface area contributed by atoms with Gasteiger partial charge in [-0.05, 0) is 0 Å². The van der Waals surface area contributed by atoms with Crippen LogP contribution in [0.4, 0.5) is 0 Å². The monoisotopic (exact) mass is 113 g/mol. The summed E-state index contributed by atoms with van der Waals surface area (Å²) in [4.78, 5) is 0. The molecule has 0 unspecified atom stereocenters. The van der Waals surface area contributed by atoms with Crippen molar-refractivity contribution < 1.29 is 0 Å². The molecule has 4 heavy (non-hydrogen) atoms. The van der Waals surface area contributed by atoms with Gasteiger partial charge in [0.1, 0.15) is 0 Å². The molecule has 0 aliphatic carbocycles. The Kier molecular flexibility index (Phi) is 0.508. The van der Waals surface area contributed by atoms with E-state index < -0.39 is 0 Å². The maximum absolute atomic E-state index is 5.15. The third-order valence-corrected chi connectivity index (χ3v) is 2.19. The molecule has 0 aliphatic heterocycles. The first-order valence-electron chi connectivity index (χ1n) is 0.701. The molecule has 1 nitrogen and oxygen atoms in total. The summed E-state index contributed by atoms with van der Waals surface area (Å²) in [5, 5.41) is 0. The van der Waals surface area contributed by atoms with Crippen LogP contribution in [-0.4, -0.2) is 2.87 Å². The number of hydrogen-bond acceptors (Lipinski definition) is 2. The Labute approximate surface area is 36.2 Å². The highest BCUT2D eigenvalue weighted by molar-refractivity contribution is 7.77. The highest BCUT2D eigenvalue weighted by Crippen LogP contribution is 2.17. The average molecular weight is 114 g/mol. The van der Waals surface area contributed by atoms with Gasteiger partial charge in [-0.15, -0.1) is 2.87 Å². The summed E-state index contributed by atoms with van der Waals surface area (Å²) < 4.78 is 1.56. The van der Waals surface area contributed by atoms with Crippen LogP contribution in [0, 0.1) is 0 Å². The molecule has 1 aromatic heterocycles. The first-order chi connectivity index (χ1) is 1.89. The first kappa shape index (κ1) is 2.75. The SMILES string of the molecule is Cln1ss1. The molecule has 0 aromatic carbocycles. The Balaban J connectivity index is 2.81. The molecule has 0 saturated heterocycles. The van der Waals surface area contributed by atoms with E-state index in [9.17, 15) is 0 Å². The van der Waals surface area contributed by atoms with E-state index >= 15 is 0 Å². The third-order valence-electron chi connectivity index (χ3n) is 0.131. The van der Waals surface area contributed by atoms with Crippen molar-refractivity contribution in [2.75, 3.05) is 0 Å². The summed E-state index contributed by atoms with van der Waals surface area (Å²) >= 11 is 5.15. The topological polar surface area (TPSA) is 4.93 Å². The van der Waals surface area contributed by atoms with Gasteiger partial charge in [-0.3, -0.25) is 0 Å². The lowest BCUT2D eigenvalue weighted by atomic mass is 13.9. The summed E-state index contributed by atoms with van der Waals surface area (Å²) in [5.74, 6) is 0. The van der Waals surface area contributed by atoms with E-state index in [0.29, 0.717) is 0 Å². The summed E-state index contributed by atoms with van der Waals surface area (Å²) in [5.41, 5.74) is 0. The van der Waals surface area contributed by atoms with Gasteiger partial charge in [0.2, 0.25) is 0 Å². The molecule has 24 valence electrons. The van der Waals surface area contributed by atoms with Gasteiger partial charge >= 0.3 is 0 Å². The van der Waals surface area contributed by atoms with Crippen LogP contribution >= 0.6 is 32.8 Å². The largest absolute Gasteiger partial charge is 0.136 e. The lowest BCUT2D eigenvalue weighted by molar-refractivity contribution is 1.73. The van der Waals surface area contributed by atoms with E-state index in [1.165, 1.54) is 21.1 Å². The van der Waals surface area contributed by atoms with E-state index in [-0.39, 0.29) is 0 Å². The van der Waals surface area contributed by atoms with Gasteiger partial charge < -0.3 is 0 Å². The van der Waals surface area contributed by atoms with E-state index in [4.69, 9.17) is 11.8 Å². The van der Waals surface area contributed by atoms with Crippen LogP contribution in [0.2, 0.25) is 0 Å². The number of aromatic nitrogens is 1. The highest BCUT2D eigenvalue weighted by atomic mass is 35.5. The Bertz CT molecular complexity index is 64.6. The van der Waals surface area contributed by atoms with Crippen molar-refractivity contribution >= 4 is 32.8 Å². The smallest absolute Gasteiger partial charge is 0.0472 e. The first-order valence-corrected chi connectivity index (χ1v) is 3.10. The fourth-order valence-corrected chi connectivity index (χ4v) is 0.340. The van der Waals surface area contributed by atoms with Crippen LogP contribution in [-0.2, 0) is 0 Å². The minimum atomic E-state index is 1.54. The molecule has 1 heterocycles. The fourth-order valence-electron chi connectivity index (χ4n) is 0.0126. The van der Waals surface area contributed by atoms with Crippen molar-refractivity contribution in [3.63, 3.8) is 0 Å². The van der Waals surface area contributed by atoms with Crippen molar-refractivity contribution in [3.05, 3.63) is 0 Å². The van der Waals surface area contributed by atoms with Crippen molar-refractivity contribution in [2.45, 2.75) is 0 Å². The Morgan fingerprint density at radius 3 is 1.75 bits per heavy atom. The highest BCUT2D eigenvalue weighted by Gasteiger charge is 1.82. The Hall–Kier alpha value is 0.530. The number of nitrogens with zero attached hydrogens (tertiary/aromatic N) is 1. The van der Waals surface area contributed by atoms with Gasteiger partial charge in [-0.1, -0.05) is 0 Å². The molecule has 4 heteroatoms. The van der Waals surface area contributed by atoms with Crippen LogP contribution in [0.25, 0.3) is 0 Å². The normalized spacial score (nSPS) is 9.25. The number of rotatable bonds is 0. The minimum absolute atomic E-state index is 1.54. The van der Waals surface area contributed by atoms with E-state index in [1.807, 2.05) is 0 Å². The van der Waals surface area contributed by atoms with Crippen LogP contribution in [0.5, 0.6) is 0 Å². The molecule has 0 fully saturated rings. The second kappa shape index (κ2) is 0.739. The van der Waals surface area contributed by atoms with Crippen molar-refractivity contribution in [1.82, 2.24) is 2.87 Å². The van der Waals surface area contributed by atoms with Crippen LogP contribution < -0.4 is 0 Å². The van der Waals surface area contributed by atoms with E-state index in [2.05, 4.69) is 0 Å². The molecule has 0 N–H and O–H groups in total. The Morgan fingerprint density at radius 1 is 1.50 bits per heavy atom. The zero-order valence-electron chi connectivity index (χ0n) is 1.64. The summed E-state index contributed by atoms with van der Waals surface area (Å²) in [6, 6.07) is 0. The van der Waals surface area contributed by atoms with Crippen molar-refractivity contribution in [3.8, 4) is 0 Å². The molecule has 0 radical (unpaired) electrons. The number of hydrogen-bond donors (Lipinski definition) is 0. The zero-order chi connectivity index (χ0) is 2.99. The third kappa shape index (κ3) is 0.475. The standard InChI is InChI=1S/ClNS2/c1-2-3-4-2. The van der Waals surface area contributed by atoms with Gasteiger partial charge in [0.15, 0.2) is 0 Å². The molecule has 0 amide bonds. The maximum Gasteiger partial charge on any atom is 0.0472 e. The second-order valence-corrected chi connectivity index (χ2v) is 3.25. The molecule has 0 atom stereocenters. The molecular weight excluding hydrogens is 114 g/mol. The molecule has 0 spiro atoms. The predicted octanol–water partition coefficient (Wildman–Crippen LogP) is 1.61. The zero-order valence-corrected chi connectivity index (χ0v) is 4.03. The molecule has 1 aromatic rings. The summed E-state index contributed by atoms with van der Waals surface area (Å²) in [6.07, 6.45) is 0. The summed E-state index contributed by atoms with van der Waals surface area (Å²) in [7, 11) is 3.08. The molecule has 0 saturated carbocycles. The van der Waals surface area contributed by atoms with Gasteiger partial charge in [0, 0.05) is 32.8 Å². The maximum atomic E-state index is 5.15. The van der Waals surface area contributed by atoms with Crippen LogP contribution in [0.15, 0.2) is 0 Å². The van der Waals surface area contributed by atoms with Crippen LogP contribution in [0.1, 0.15) is 0 Å². The van der Waals surface area contributed by atoms with Gasteiger partial charge in [0.25, 0.3) is 0 Å². The van der Waals surface area contributed by atoms with Crippen molar-refractivity contribution in [2.24, 2.45) is 0 Å². The van der Waals surface area contributed by atoms with Gasteiger partial charge in [0.05, 0.1) is 0 Å². The fraction of sp³-hybridized carbons (Fsp3) is 0. The number of halogens is 1. The lowest BCUT2D eigenvalue weighted by Crippen LogP contribution is -1.31.